The summed E-state index contributed by atoms with van der Waals surface area (Å²) in [6, 6.07) is 12.6. The van der Waals surface area contributed by atoms with Crippen LogP contribution in [0.3, 0.4) is 0 Å². The molecule has 0 spiro atoms. The van der Waals surface area contributed by atoms with E-state index in [0.717, 1.165) is 12.0 Å². The molecule has 1 aliphatic heterocycles. The lowest BCUT2D eigenvalue weighted by atomic mass is 9.93. The van der Waals surface area contributed by atoms with Gasteiger partial charge in [0.1, 0.15) is 6.61 Å². The number of benzene rings is 2. The van der Waals surface area contributed by atoms with Gasteiger partial charge in [-0.05, 0) is 50.5 Å². The topological polar surface area (TPSA) is 85.9 Å². The standard InChI is InChI=1S/C26H32N2O5/c1-5-8-20-23(25(29)32-7-3)24(28-26(30)27-20)19-13-14-21(22(15-19)31-6-2)33-16-18-11-9-17(4)10-12-18/h9-15,24H,5-8,16H2,1-4H3,(H2,27,28,30). The smallest absolute Gasteiger partial charge is 0.338 e. The molecule has 1 unspecified atom stereocenters. The monoisotopic (exact) mass is 452 g/mol. The molecular weight excluding hydrogens is 420 g/mol. The number of ether oxygens (including phenoxy) is 3. The van der Waals surface area contributed by atoms with Crippen LogP contribution in [0.2, 0.25) is 0 Å². The van der Waals surface area contributed by atoms with Crippen LogP contribution in [0.25, 0.3) is 0 Å². The van der Waals surface area contributed by atoms with Crippen LogP contribution in [0.5, 0.6) is 11.5 Å². The third-order valence-electron chi connectivity index (χ3n) is 5.26. The number of hydrogen-bond acceptors (Lipinski definition) is 5. The molecule has 2 amide bonds. The van der Waals surface area contributed by atoms with Crippen molar-refractivity contribution in [1.29, 1.82) is 0 Å². The maximum Gasteiger partial charge on any atom is 0.338 e. The fourth-order valence-corrected chi connectivity index (χ4v) is 3.70. The third-order valence-corrected chi connectivity index (χ3v) is 5.26. The predicted octanol–water partition coefficient (Wildman–Crippen LogP) is 4.94. The molecule has 0 fully saturated rings. The molecule has 1 heterocycles. The van der Waals surface area contributed by atoms with Gasteiger partial charge in [-0.1, -0.05) is 49.2 Å². The predicted molar refractivity (Wildman–Crippen MR) is 126 cm³/mol. The molecule has 0 aromatic heterocycles. The molecule has 1 aliphatic rings. The molecule has 0 radical (unpaired) electrons. The van der Waals surface area contributed by atoms with Gasteiger partial charge in [-0.2, -0.15) is 0 Å². The Hall–Kier alpha value is -3.48. The zero-order valence-electron chi connectivity index (χ0n) is 19.7. The minimum absolute atomic E-state index is 0.248. The molecule has 7 heteroatoms. The van der Waals surface area contributed by atoms with E-state index in [1.165, 1.54) is 5.56 Å². The van der Waals surface area contributed by atoms with Crippen LogP contribution in [0, 0.1) is 6.92 Å². The molecule has 0 bridgehead atoms. The van der Waals surface area contributed by atoms with Crippen molar-refractivity contribution in [3.05, 3.63) is 70.4 Å². The van der Waals surface area contributed by atoms with Crippen LogP contribution in [-0.2, 0) is 16.1 Å². The molecule has 2 aromatic carbocycles. The highest BCUT2D eigenvalue weighted by molar-refractivity contribution is 5.95. The molecule has 0 saturated carbocycles. The molecule has 7 nitrogen and oxygen atoms in total. The third kappa shape index (κ3) is 6.06. The Morgan fingerprint density at radius 1 is 0.970 bits per heavy atom. The second-order valence-corrected chi connectivity index (χ2v) is 7.81. The summed E-state index contributed by atoms with van der Waals surface area (Å²) >= 11 is 0. The van der Waals surface area contributed by atoms with E-state index in [9.17, 15) is 9.59 Å². The number of esters is 1. The summed E-state index contributed by atoms with van der Waals surface area (Å²) in [5, 5.41) is 5.63. The van der Waals surface area contributed by atoms with Crippen LogP contribution >= 0.6 is 0 Å². The van der Waals surface area contributed by atoms with Gasteiger partial charge < -0.3 is 24.8 Å². The Balaban J connectivity index is 1.93. The largest absolute Gasteiger partial charge is 0.490 e. The Morgan fingerprint density at radius 3 is 2.39 bits per heavy atom. The average Bonchev–Trinajstić information content (AvgIpc) is 2.79. The molecule has 2 aromatic rings. The van der Waals surface area contributed by atoms with Gasteiger partial charge in [-0.3, -0.25) is 0 Å². The molecule has 33 heavy (non-hydrogen) atoms. The van der Waals surface area contributed by atoms with Gasteiger partial charge in [0, 0.05) is 5.70 Å². The van der Waals surface area contributed by atoms with E-state index >= 15 is 0 Å². The number of aryl methyl sites for hydroxylation is 1. The summed E-state index contributed by atoms with van der Waals surface area (Å²) in [6.45, 7) is 8.79. The Kier molecular flexibility index (Phi) is 8.35. The normalized spacial score (nSPS) is 15.5. The van der Waals surface area contributed by atoms with Crippen LogP contribution in [0.15, 0.2) is 53.7 Å². The van der Waals surface area contributed by atoms with Crippen molar-refractivity contribution in [3.8, 4) is 11.5 Å². The summed E-state index contributed by atoms with van der Waals surface area (Å²) in [5.74, 6) is 0.697. The number of nitrogens with one attached hydrogen (secondary N) is 2. The Morgan fingerprint density at radius 2 is 1.73 bits per heavy atom. The van der Waals surface area contributed by atoms with Crippen LogP contribution < -0.4 is 20.1 Å². The van der Waals surface area contributed by atoms with E-state index in [2.05, 4.69) is 10.6 Å². The fraction of sp³-hybridized carbons (Fsp3) is 0.385. The Bertz CT molecular complexity index is 1010. The minimum atomic E-state index is -0.648. The number of carbonyl (C=O) groups is 2. The second-order valence-electron chi connectivity index (χ2n) is 7.81. The molecule has 2 N–H and O–H groups in total. The van der Waals surface area contributed by atoms with Crippen LogP contribution in [-0.4, -0.2) is 25.2 Å². The first-order chi connectivity index (χ1) is 16.0. The second kappa shape index (κ2) is 11.4. The number of amides is 2. The SMILES string of the molecule is CCCC1=C(C(=O)OCC)C(c2ccc(OCc3ccc(C)cc3)c(OCC)c2)NC(=O)N1. The van der Waals surface area contributed by atoms with Crippen molar-refractivity contribution in [3.63, 3.8) is 0 Å². The van der Waals surface area contributed by atoms with E-state index in [1.807, 2.05) is 63.2 Å². The van der Waals surface area contributed by atoms with E-state index in [0.29, 0.717) is 48.0 Å². The minimum Gasteiger partial charge on any atom is -0.490 e. The average molecular weight is 453 g/mol. The highest BCUT2D eigenvalue weighted by Crippen LogP contribution is 2.36. The summed E-state index contributed by atoms with van der Waals surface area (Å²) < 4.78 is 17.2. The number of rotatable bonds is 10. The zero-order chi connectivity index (χ0) is 23.8. The van der Waals surface area contributed by atoms with E-state index in [4.69, 9.17) is 14.2 Å². The van der Waals surface area contributed by atoms with Gasteiger partial charge in [0.15, 0.2) is 11.5 Å². The first-order valence-corrected chi connectivity index (χ1v) is 11.4. The summed E-state index contributed by atoms with van der Waals surface area (Å²) in [7, 11) is 0. The Labute approximate surface area is 195 Å². The number of hydrogen-bond donors (Lipinski definition) is 2. The maximum atomic E-state index is 12.8. The fourth-order valence-electron chi connectivity index (χ4n) is 3.70. The van der Waals surface area contributed by atoms with Crippen molar-refractivity contribution < 1.29 is 23.8 Å². The lowest BCUT2D eigenvalue weighted by molar-refractivity contribution is -0.139. The lowest BCUT2D eigenvalue weighted by Crippen LogP contribution is -2.46. The van der Waals surface area contributed by atoms with E-state index < -0.39 is 12.0 Å². The van der Waals surface area contributed by atoms with E-state index in [1.54, 1.807) is 6.92 Å². The highest BCUT2D eigenvalue weighted by Gasteiger charge is 2.33. The molecule has 0 aliphatic carbocycles. The van der Waals surface area contributed by atoms with Crippen molar-refractivity contribution in [1.82, 2.24) is 10.6 Å². The maximum absolute atomic E-state index is 12.8. The van der Waals surface area contributed by atoms with Gasteiger partial charge in [0.2, 0.25) is 0 Å². The van der Waals surface area contributed by atoms with Crippen LogP contribution in [0.1, 0.15) is 56.3 Å². The van der Waals surface area contributed by atoms with Gasteiger partial charge in [0.05, 0.1) is 24.8 Å². The summed E-state index contributed by atoms with van der Waals surface area (Å²) in [5.41, 5.74) is 3.95. The quantitative estimate of drug-likeness (QED) is 0.499. The lowest BCUT2D eigenvalue weighted by Gasteiger charge is -2.29. The van der Waals surface area contributed by atoms with Crippen molar-refractivity contribution in [2.45, 2.75) is 53.2 Å². The number of urea groups is 1. The van der Waals surface area contributed by atoms with Gasteiger partial charge in [-0.15, -0.1) is 0 Å². The molecule has 0 saturated heterocycles. The van der Waals surface area contributed by atoms with Crippen molar-refractivity contribution >= 4 is 12.0 Å². The number of allylic oxidation sites excluding steroid dienone is 1. The summed E-state index contributed by atoms with van der Waals surface area (Å²) in [4.78, 5) is 25.2. The number of carbonyl (C=O) groups excluding carboxylic acids is 2. The molecule has 1 atom stereocenters. The van der Waals surface area contributed by atoms with Gasteiger partial charge in [0.25, 0.3) is 0 Å². The molecular formula is C26H32N2O5. The van der Waals surface area contributed by atoms with Gasteiger partial charge >= 0.3 is 12.0 Å². The molecule has 176 valence electrons. The highest BCUT2D eigenvalue weighted by atomic mass is 16.5. The van der Waals surface area contributed by atoms with Crippen molar-refractivity contribution in [2.24, 2.45) is 0 Å². The van der Waals surface area contributed by atoms with Crippen LogP contribution in [0.4, 0.5) is 4.79 Å². The first kappa shape index (κ1) is 24.2. The first-order valence-electron chi connectivity index (χ1n) is 11.4. The van der Waals surface area contributed by atoms with Crippen molar-refractivity contribution in [2.75, 3.05) is 13.2 Å². The van der Waals surface area contributed by atoms with Gasteiger partial charge in [-0.25, -0.2) is 9.59 Å². The summed E-state index contributed by atoms with van der Waals surface area (Å²) in [6.07, 6.45) is 1.34. The van der Waals surface area contributed by atoms with E-state index in [-0.39, 0.29) is 12.6 Å². The molecule has 3 rings (SSSR count). The zero-order valence-corrected chi connectivity index (χ0v) is 19.7.